The molecule has 0 aliphatic rings. The van der Waals surface area contributed by atoms with Gasteiger partial charge in [0.2, 0.25) is 0 Å². The zero-order valence-electron chi connectivity index (χ0n) is 8.24. The van der Waals surface area contributed by atoms with Crippen LogP contribution < -0.4 is 5.32 Å². The van der Waals surface area contributed by atoms with Gasteiger partial charge in [-0.25, -0.2) is 0 Å². The molecule has 1 unspecified atom stereocenters. The highest BCUT2D eigenvalue weighted by atomic mass is 16.3. The van der Waals surface area contributed by atoms with Crippen LogP contribution in [0.4, 0.5) is 0 Å². The van der Waals surface area contributed by atoms with E-state index >= 15 is 0 Å². The summed E-state index contributed by atoms with van der Waals surface area (Å²) in [5.74, 6) is 1.11. The van der Waals surface area contributed by atoms with Crippen molar-refractivity contribution in [2.24, 2.45) is 0 Å². The Morgan fingerprint density at radius 1 is 1.36 bits per heavy atom. The van der Waals surface area contributed by atoms with Gasteiger partial charge in [0.05, 0.1) is 6.04 Å². The van der Waals surface area contributed by atoms with E-state index in [-0.39, 0.29) is 11.8 Å². The fourth-order valence-corrected chi connectivity index (χ4v) is 1.40. The molecule has 0 radical (unpaired) electrons. The minimum Gasteiger partial charge on any atom is -0.508 e. The highest BCUT2D eigenvalue weighted by Gasteiger charge is 2.09. The van der Waals surface area contributed by atoms with Crippen LogP contribution >= 0.6 is 0 Å². The highest BCUT2D eigenvalue weighted by Crippen LogP contribution is 2.26. The number of phenolic OH excluding ortho intramolecular Hbond substituents is 1. The second kappa shape index (κ2) is 3.35. The normalized spacial score (nSPS) is 13.3. The average molecular weight is 191 g/mol. The zero-order valence-corrected chi connectivity index (χ0v) is 8.24. The molecule has 1 heterocycles. The smallest absolute Gasteiger partial charge is 0.138 e. The first kappa shape index (κ1) is 9.09. The van der Waals surface area contributed by atoms with Crippen LogP contribution in [0.1, 0.15) is 18.7 Å². The van der Waals surface area contributed by atoms with Crippen molar-refractivity contribution in [3.63, 3.8) is 0 Å². The molecule has 3 heteroatoms. The Hall–Kier alpha value is -1.48. The summed E-state index contributed by atoms with van der Waals surface area (Å²) in [7, 11) is 1.88. The Morgan fingerprint density at radius 2 is 2.14 bits per heavy atom. The molecule has 0 aliphatic heterocycles. The van der Waals surface area contributed by atoms with Crippen LogP contribution in [0.2, 0.25) is 0 Å². The van der Waals surface area contributed by atoms with E-state index in [2.05, 4.69) is 5.32 Å². The van der Waals surface area contributed by atoms with Crippen molar-refractivity contribution in [1.29, 1.82) is 0 Å². The number of benzene rings is 1. The van der Waals surface area contributed by atoms with Crippen LogP contribution in [0.25, 0.3) is 11.0 Å². The van der Waals surface area contributed by atoms with Crippen LogP contribution in [0.15, 0.2) is 28.7 Å². The fraction of sp³-hybridized carbons (Fsp3) is 0.273. The number of phenols is 1. The predicted octanol–water partition coefficient (Wildman–Crippen LogP) is 2.42. The van der Waals surface area contributed by atoms with Gasteiger partial charge in [0.15, 0.2) is 0 Å². The van der Waals surface area contributed by atoms with Gasteiger partial charge in [-0.2, -0.15) is 0 Å². The SMILES string of the molecule is CNC(C)c1cc2ccc(O)cc2o1. The Morgan fingerprint density at radius 3 is 2.86 bits per heavy atom. The molecule has 3 nitrogen and oxygen atoms in total. The zero-order chi connectivity index (χ0) is 10.1. The van der Waals surface area contributed by atoms with Gasteiger partial charge in [0, 0.05) is 11.5 Å². The molecule has 0 amide bonds. The summed E-state index contributed by atoms with van der Waals surface area (Å²) < 4.78 is 5.58. The van der Waals surface area contributed by atoms with Gasteiger partial charge in [-0.3, -0.25) is 0 Å². The van der Waals surface area contributed by atoms with Crippen molar-refractivity contribution in [2.75, 3.05) is 7.05 Å². The summed E-state index contributed by atoms with van der Waals surface area (Å²) in [5, 5.41) is 13.4. The number of hydrogen-bond donors (Lipinski definition) is 2. The summed E-state index contributed by atoms with van der Waals surface area (Å²) in [6.45, 7) is 2.03. The Balaban J connectivity index is 2.51. The molecule has 0 bridgehead atoms. The average Bonchev–Trinajstić information content (AvgIpc) is 2.59. The van der Waals surface area contributed by atoms with Gasteiger partial charge < -0.3 is 14.8 Å². The summed E-state index contributed by atoms with van der Waals surface area (Å²) in [5.41, 5.74) is 0.724. The minimum absolute atomic E-state index is 0.185. The van der Waals surface area contributed by atoms with E-state index in [1.165, 1.54) is 0 Å². The molecule has 0 fully saturated rings. The topological polar surface area (TPSA) is 45.4 Å². The summed E-state index contributed by atoms with van der Waals surface area (Å²) in [4.78, 5) is 0. The summed E-state index contributed by atoms with van der Waals surface area (Å²) >= 11 is 0. The van der Waals surface area contributed by atoms with E-state index in [0.29, 0.717) is 0 Å². The van der Waals surface area contributed by atoms with E-state index < -0.39 is 0 Å². The third-order valence-electron chi connectivity index (χ3n) is 2.38. The van der Waals surface area contributed by atoms with E-state index in [1.54, 1.807) is 12.1 Å². The monoisotopic (exact) mass is 191 g/mol. The molecule has 14 heavy (non-hydrogen) atoms. The number of furan rings is 1. The van der Waals surface area contributed by atoms with Crippen LogP contribution in [-0.4, -0.2) is 12.2 Å². The Bertz CT molecular complexity index is 447. The predicted molar refractivity (Wildman–Crippen MR) is 55.4 cm³/mol. The number of hydrogen-bond acceptors (Lipinski definition) is 3. The molecule has 0 aliphatic carbocycles. The van der Waals surface area contributed by atoms with Gasteiger partial charge in [-0.1, -0.05) is 0 Å². The molecule has 2 N–H and O–H groups in total. The molecule has 2 aromatic rings. The standard InChI is InChI=1S/C11H13NO2/c1-7(12-2)10-5-8-3-4-9(13)6-11(8)14-10/h3-7,12-13H,1-2H3. The van der Waals surface area contributed by atoms with Gasteiger partial charge in [-0.15, -0.1) is 0 Å². The molecule has 1 aromatic heterocycles. The van der Waals surface area contributed by atoms with Crippen molar-refractivity contribution < 1.29 is 9.52 Å². The summed E-state index contributed by atoms with van der Waals surface area (Å²) in [6, 6.07) is 7.30. The van der Waals surface area contributed by atoms with E-state index in [1.807, 2.05) is 26.1 Å². The maximum absolute atomic E-state index is 9.26. The molecular weight excluding hydrogens is 178 g/mol. The maximum atomic E-state index is 9.26. The lowest BCUT2D eigenvalue weighted by Crippen LogP contribution is -2.10. The lowest BCUT2D eigenvalue weighted by Gasteiger charge is -2.04. The molecule has 0 spiro atoms. The molecule has 0 saturated heterocycles. The van der Waals surface area contributed by atoms with Gasteiger partial charge in [0.1, 0.15) is 17.1 Å². The number of fused-ring (bicyclic) bond motifs is 1. The molecule has 2 rings (SSSR count). The molecule has 74 valence electrons. The highest BCUT2D eigenvalue weighted by molar-refractivity contribution is 5.79. The van der Waals surface area contributed by atoms with Gasteiger partial charge in [0.25, 0.3) is 0 Å². The molecular formula is C11H13NO2. The van der Waals surface area contributed by atoms with E-state index in [4.69, 9.17) is 4.42 Å². The van der Waals surface area contributed by atoms with Crippen molar-refractivity contribution in [1.82, 2.24) is 5.32 Å². The number of aromatic hydroxyl groups is 1. The quantitative estimate of drug-likeness (QED) is 0.766. The van der Waals surface area contributed by atoms with Crippen LogP contribution in [-0.2, 0) is 0 Å². The fourth-order valence-electron chi connectivity index (χ4n) is 1.40. The molecule has 1 aromatic carbocycles. The van der Waals surface area contributed by atoms with Crippen LogP contribution in [0.3, 0.4) is 0 Å². The van der Waals surface area contributed by atoms with Crippen LogP contribution in [0.5, 0.6) is 5.75 Å². The third kappa shape index (κ3) is 1.46. The second-order valence-electron chi connectivity index (χ2n) is 3.38. The summed E-state index contributed by atoms with van der Waals surface area (Å²) in [6.07, 6.45) is 0. The first-order valence-corrected chi connectivity index (χ1v) is 4.60. The van der Waals surface area contributed by atoms with Crippen molar-refractivity contribution in [3.05, 3.63) is 30.0 Å². The minimum atomic E-state index is 0.185. The van der Waals surface area contributed by atoms with Crippen molar-refractivity contribution >= 4 is 11.0 Å². The van der Waals surface area contributed by atoms with Gasteiger partial charge in [-0.05, 0) is 32.2 Å². The maximum Gasteiger partial charge on any atom is 0.138 e. The number of rotatable bonds is 2. The molecule has 0 saturated carbocycles. The van der Waals surface area contributed by atoms with Crippen molar-refractivity contribution in [2.45, 2.75) is 13.0 Å². The Labute approximate surface area is 82.3 Å². The largest absolute Gasteiger partial charge is 0.508 e. The first-order valence-electron chi connectivity index (χ1n) is 4.60. The first-order chi connectivity index (χ1) is 6.70. The van der Waals surface area contributed by atoms with E-state index in [9.17, 15) is 5.11 Å². The van der Waals surface area contributed by atoms with E-state index in [0.717, 1.165) is 16.7 Å². The Kier molecular flexibility index (Phi) is 2.17. The van der Waals surface area contributed by atoms with Gasteiger partial charge >= 0.3 is 0 Å². The van der Waals surface area contributed by atoms with Crippen molar-refractivity contribution in [3.8, 4) is 5.75 Å². The number of nitrogens with one attached hydrogen (secondary N) is 1. The molecule has 1 atom stereocenters. The second-order valence-corrected chi connectivity index (χ2v) is 3.38. The lowest BCUT2D eigenvalue weighted by atomic mass is 10.2. The third-order valence-corrected chi connectivity index (χ3v) is 2.38. The van der Waals surface area contributed by atoms with Crippen LogP contribution in [0, 0.1) is 0 Å². The lowest BCUT2D eigenvalue weighted by molar-refractivity contribution is 0.464.